The number of rotatable bonds is 5. The number of esters is 1. The van der Waals surface area contributed by atoms with Gasteiger partial charge in [-0.05, 0) is 25.5 Å². The summed E-state index contributed by atoms with van der Waals surface area (Å²) < 4.78 is 24.3. The minimum atomic E-state index is -0.523. The second-order valence-electron chi connectivity index (χ2n) is 4.49. The molecule has 0 atom stereocenters. The van der Waals surface area contributed by atoms with Gasteiger partial charge in [0.2, 0.25) is 0 Å². The largest absolute Gasteiger partial charge is 0.462 e. The van der Waals surface area contributed by atoms with E-state index in [4.69, 9.17) is 9.47 Å². The van der Waals surface area contributed by atoms with Crippen LogP contribution in [0.15, 0.2) is 18.2 Å². The number of ether oxygens (including phenoxy) is 2. The van der Waals surface area contributed by atoms with Crippen LogP contribution in [0.5, 0.6) is 0 Å². The normalized spacial score (nSPS) is 10.7. The zero-order chi connectivity index (χ0) is 15.4. The number of aryl methyl sites for hydroxylation is 1. The molecule has 0 fully saturated rings. The van der Waals surface area contributed by atoms with Crippen molar-refractivity contribution in [3.63, 3.8) is 0 Å². The highest BCUT2D eigenvalue weighted by Crippen LogP contribution is 2.30. The zero-order valence-electron chi connectivity index (χ0n) is 12.2. The van der Waals surface area contributed by atoms with Gasteiger partial charge < -0.3 is 9.47 Å². The highest BCUT2D eigenvalue weighted by molar-refractivity contribution is 5.97. The first-order valence-corrected chi connectivity index (χ1v) is 6.58. The molecule has 1 N–H and O–H groups in total. The second-order valence-corrected chi connectivity index (χ2v) is 4.49. The molecular formula is C15H17FN2O3. The quantitative estimate of drug-likeness (QED) is 0.861. The van der Waals surface area contributed by atoms with Gasteiger partial charge in [-0.3, -0.25) is 5.10 Å². The van der Waals surface area contributed by atoms with Crippen LogP contribution < -0.4 is 0 Å². The Labute approximate surface area is 122 Å². The van der Waals surface area contributed by atoms with E-state index in [0.29, 0.717) is 17.0 Å². The first-order valence-electron chi connectivity index (χ1n) is 6.58. The van der Waals surface area contributed by atoms with Crippen molar-refractivity contribution in [2.75, 3.05) is 13.7 Å². The number of H-pyrrole nitrogens is 1. The Morgan fingerprint density at radius 1 is 1.43 bits per heavy atom. The summed E-state index contributed by atoms with van der Waals surface area (Å²) in [6, 6.07) is 4.67. The number of nitrogens with one attached hydrogen (secondary N) is 1. The Morgan fingerprint density at radius 3 is 2.86 bits per heavy atom. The monoisotopic (exact) mass is 292 g/mol. The van der Waals surface area contributed by atoms with Crippen LogP contribution in [0.3, 0.4) is 0 Å². The molecule has 0 aliphatic carbocycles. The first kappa shape index (κ1) is 15.2. The summed E-state index contributed by atoms with van der Waals surface area (Å²) in [5, 5.41) is 6.73. The topological polar surface area (TPSA) is 64.2 Å². The maximum Gasteiger partial charge on any atom is 0.342 e. The number of aromatic nitrogens is 2. The number of hydrogen-bond acceptors (Lipinski definition) is 4. The first-order chi connectivity index (χ1) is 10.1. The minimum Gasteiger partial charge on any atom is -0.462 e. The van der Waals surface area contributed by atoms with Gasteiger partial charge in [0.1, 0.15) is 11.4 Å². The van der Waals surface area contributed by atoms with Crippen molar-refractivity contribution >= 4 is 5.97 Å². The van der Waals surface area contributed by atoms with E-state index in [0.717, 1.165) is 0 Å². The summed E-state index contributed by atoms with van der Waals surface area (Å²) in [6.45, 7) is 3.86. The molecule has 1 aromatic heterocycles. The summed E-state index contributed by atoms with van der Waals surface area (Å²) >= 11 is 0. The molecule has 112 valence electrons. The zero-order valence-corrected chi connectivity index (χ0v) is 12.2. The number of carbonyl (C=O) groups excluding carboxylic acids is 1. The third kappa shape index (κ3) is 2.95. The Morgan fingerprint density at radius 2 is 2.19 bits per heavy atom. The van der Waals surface area contributed by atoms with E-state index in [1.165, 1.54) is 13.2 Å². The molecule has 5 nitrogen and oxygen atoms in total. The lowest BCUT2D eigenvalue weighted by atomic mass is 10.0. The minimum absolute atomic E-state index is 0.230. The molecule has 6 heteroatoms. The van der Waals surface area contributed by atoms with Crippen molar-refractivity contribution in [3.05, 3.63) is 40.8 Å². The number of halogens is 1. The molecule has 0 radical (unpaired) electrons. The second kappa shape index (κ2) is 6.49. The molecular weight excluding hydrogens is 275 g/mol. The van der Waals surface area contributed by atoms with Crippen molar-refractivity contribution in [1.82, 2.24) is 10.2 Å². The fourth-order valence-corrected chi connectivity index (χ4v) is 2.19. The molecule has 0 saturated heterocycles. The van der Waals surface area contributed by atoms with E-state index >= 15 is 0 Å². The molecule has 2 aromatic rings. The van der Waals surface area contributed by atoms with Crippen LogP contribution in [-0.2, 0) is 16.1 Å². The maximum atomic E-state index is 14.2. The van der Waals surface area contributed by atoms with Crippen molar-refractivity contribution < 1.29 is 18.7 Å². The predicted molar refractivity (Wildman–Crippen MR) is 75.4 cm³/mol. The predicted octanol–water partition coefficient (Wildman–Crippen LogP) is 2.85. The van der Waals surface area contributed by atoms with Crippen molar-refractivity contribution in [2.24, 2.45) is 0 Å². The van der Waals surface area contributed by atoms with Crippen LogP contribution in [0, 0.1) is 12.7 Å². The Hall–Kier alpha value is -2.21. The smallest absolute Gasteiger partial charge is 0.342 e. The van der Waals surface area contributed by atoms with Gasteiger partial charge in [0.15, 0.2) is 0 Å². The maximum absolute atomic E-state index is 14.2. The standard InChI is InChI=1S/C15H17FN2O3/c1-4-21-15(19)12-9(2)17-18-14(12)13-10(8-20-3)6-5-7-11(13)16/h5-7H,4,8H2,1-3H3,(H,17,18). The van der Waals surface area contributed by atoms with E-state index < -0.39 is 11.8 Å². The molecule has 0 bridgehead atoms. The lowest BCUT2D eigenvalue weighted by molar-refractivity contribution is 0.0526. The Kier molecular flexibility index (Phi) is 4.70. The van der Waals surface area contributed by atoms with Crippen LogP contribution in [0.4, 0.5) is 4.39 Å². The summed E-state index contributed by atoms with van der Waals surface area (Å²) in [5.74, 6) is -0.968. The highest BCUT2D eigenvalue weighted by atomic mass is 19.1. The molecule has 0 amide bonds. The van der Waals surface area contributed by atoms with E-state index in [1.54, 1.807) is 26.0 Å². The SMILES string of the molecule is CCOC(=O)c1c(C)n[nH]c1-c1c(F)cccc1COC. The average molecular weight is 292 g/mol. The van der Waals surface area contributed by atoms with Gasteiger partial charge in [-0.2, -0.15) is 5.10 Å². The molecule has 0 saturated carbocycles. The van der Waals surface area contributed by atoms with Crippen LogP contribution in [0.1, 0.15) is 28.5 Å². The van der Waals surface area contributed by atoms with E-state index in [2.05, 4.69) is 10.2 Å². The molecule has 2 rings (SSSR count). The van der Waals surface area contributed by atoms with Crippen molar-refractivity contribution in [3.8, 4) is 11.3 Å². The van der Waals surface area contributed by atoms with E-state index in [-0.39, 0.29) is 24.3 Å². The third-order valence-electron chi connectivity index (χ3n) is 3.08. The Balaban J connectivity index is 2.60. The Bertz CT molecular complexity index is 652. The number of benzene rings is 1. The van der Waals surface area contributed by atoms with Gasteiger partial charge in [-0.25, -0.2) is 9.18 Å². The molecule has 1 aromatic carbocycles. The number of aromatic amines is 1. The summed E-state index contributed by atoms with van der Waals surface area (Å²) in [6.07, 6.45) is 0. The van der Waals surface area contributed by atoms with Gasteiger partial charge in [-0.15, -0.1) is 0 Å². The molecule has 0 aliphatic heterocycles. The van der Waals surface area contributed by atoms with Gasteiger partial charge in [0.05, 0.1) is 24.6 Å². The summed E-state index contributed by atoms with van der Waals surface area (Å²) in [7, 11) is 1.53. The molecule has 0 unspecified atom stereocenters. The van der Waals surface area contributed by atoms with Crippen LogP contribution in [0.25, 0.3) is 11.3 Å². The summed E-state index contributed by atoms with van der Waals surface area (Å²) in [4.78, 5) is 12.1. The fraction of sp³-hybridized carbons (Fsp3) is 0.333. The highest BCUT2D eigenvalue weighted by Gasteiger charge is 2.24. The number of nitrogens with zero attached hydrogens (tertiary/aromatic N) is 1. The van der Waals surface area contributed by atoms with Gasteiger partial charge in [0, 0.05) is 12.7 Å². The van der Waals surface area contributed by atoms with Crippen LogP contribution >= 0.6 is 0 Å². The van der Waals surface area contributed by atoms with Crippen LogP contribution in [0.2, 0.25) is 0 Å². The summed E-state index contributed by atoms with van der Waals surface area (Å²) in [5.41, 5.74) is 1.94. The molecule has 0 aliphatic rings. The average Bonchev–Trinajstić information content (AvgIpc) is 2.81. The van der Waals surface area contributed by atoms with E-state index in [9.17, 15) is 9.18 Å². The third-order valence-corrected chi connectivity index (χ3v) is 3.08. The molecule has 1 heterocycles. The van der Waals surface area contributed by atoms with Gasteiger partial charge in [-0.1, -0.05) is 12.1 Å². The number of methoxy groups -OCH3 is 1. The number of carbonyl (C=O) groups is 1. The number of hydrogen-bond donors (Lipinski definition) is 1. The molecule has 21 heavy (non-hydrogen) atoms. The lowest BCUT2D eigenvalue weighted by Crippen LogP contribution is -2.08. The van der Waals surface area contributed by atoms with Gasteiger partial charge in [0.25, 0.3) is 0 Å². The van der Waals surface area contributed by atoms with Gasteiger partial charge >= 0.3 is 5.97 Å². The van der Waals surface area contributed by atoms with Crippen LogP contribution in [-0.4, -0.2) is 29.9 Å². The van der Waals surface area contributed by atoms with E-state index in [1.807, 2.05) is 0 Å². The molecule has 0 spiro atoms. The van der Waals surface area contributed by atoms with Crippen molar-refractivity contribution in [1.29, 1.82) is 0 Å². The van der Waals surface area contributed by atoms with Crippen molar-refractivity contribution in [2.45, 2.75) is 20.5 Å². The lowest BCUT2D eigenvalue weighted by Gasteiger charge is -2.10. The fourth-order valence-electron chi connectivity index (χ4n) is 2.19.